The van der Waals surface area contributed by atoms with Crippen LogP contribution in [0.15, 0.2) is 42.5 Å². The van der Waals surface area contributed by atoms with E-state index in [1.54, 1.807) is 37.3 Å². The van der Waals surface area contributed by atoms with E-state index in [4.69, 9.17) is 14.2 Å². The van der Waals surface area contributed by atoms with Crippen molar-refractivity contribution in [2.45, 2.75) is 19.8 Å². The summed E-state index contributed by atoms with van der Waals surface area (Å²) >= 11 is 0. The van der Waals surface area contributed by atoms with Gasteiger partial charge in [-0.3, -0.25) is 9.59 Å². The van der Waals surface area contributed by atoms with Crippen LogP contribution in [-0.2, 0) is 11.2 Å². The van der Waals surface area contributed by atoms with Crippen molar-refractivity contribution >= 4 is 11.8 Å². The Balaban J connectivity index is 1.59. The molecule has 1 aliphatic heterocycles. The summed E-state index contributed by atoms with van der Waals surface area (Å²) in [6.45, 7) is 4.84. The number of ether oxygens (including phenoxy) is 3. The van der Waals surface area contributed by atoms with Crippen molar-refractivity contribution in [2.24, 2.45) is 0 Å². The lowest BCUT2D eigenvalue weighted by Gasteiger charge is -2.22. The number of carbonyl (C=O) groups is 2. The molecule has 0 atom stereocenters. The number of nitrogens with zero attached hydrogens (tertiary/aromatic N) is 2. The number of methoxy groups -OCH3 is 2. The van der Waals surface area contributed by atoms with E-state index in [1.807, 2.05) is 36.1 Å². The van der Waals surface area contributed by atoms with Crippen molar-refractivity contribution in [2.75, 3.05) is 47.0 Å². The Morgan fingerprint density at radius 1 is 0.871 bits per heavy atom. The molecule has 0 saturated carbocycles. The van der Waals surface area contributed by atoms with Gasteiger partial charge in [0.05, 0.1) is 27.2 Å². The van der Waals surface area contributed by atoms with E-state index in [-0.39, 0.29) is 11.8 Å². The molecule has 1 aliphatic rings. The number of carbonyl (C=O) groups excluding carboxylic acids is 2. The molecule has 2 aromatic carbocycles. The maximum absolute atomic E-state index is 13.0. The predicted octanol–water partition coefficient (Wildman–Crippen LogP) is 3.02. The van der Waals surface area contributed by atoms with Crippen LogP contribution in [0.25, 0.3) is 0 Å². The fraction of sp³-hybridized carbons (Fsp3) is 0.417. The zero-order valence-corrected chi connectivity index (χ0v) is 18.4. The average molecular weight is 427 g/mol. The minimum absolute atomic E-state index is 0.0678. The second-order valence-electron chi connectivity index (χ2n) is 7.35. The van der Waals surface area contributed by atoms with Crippen molar-refractivity contribution in [3.8, 4) is 17.2 Å². The fourth-order valence-electron chi connectivity index (χ4n) is 3.68. The molecular weight excluding hydrogens is 396 g/mol. The molecular formula is C24H30N2O5. The quantitative estimate of drug-likeness (QED) is 0.681. The summed E-state index contributed by atoms with van der Waals surface area (Å²) in [6, 6.07) is 12.8. The Morgan fingerprint density at radius 2 is 1.55 bits per heavy atom. The number of amides is 2. The zero-order chi connectivity index (χ0) is 22.2. The second-order valence-corrected chi connectivity index (χ2v) is 7.35. The minimum Gasteiger partial charge on any atom is -0.494 e. The molecule has 31 heavy (non-hydrogen) atoms. The minimum atomic E-state index is -0.0678. The van der Waals surface area contributed by atoms with Crippen molar-refractivity contribution in [3.05, 3.63) is 53.6 Å². The van der Waals surface area contributed by atoms with Crippen LogP contribution in [0.2, 0.25) is 0 Å². The first-order valence-corrected chi connectivity index (χ1v) is 10.6. The number of hydrogen-bond acceptors (Lipinski definition) is 5. The van der Waals surface area contributed by atoms with Crippen LogP contribution in [0, 0.1) is 0 Å². The van der Waals surface area contributed by atoms with Crippen LogP contribution in [0.5, 0.6) is 17.2 Å². The average Bonchev–Trinajstić information content (AvgIpc) is 3.06. The highest BCUT2D eigenvalue weighted by Crippen LogP contribution is 2.28. The Hall–Kier alpha value is -3.22. The van der Waals surface area contributed by atoms with Gasteiger partial charge in [-0.25, -0.2) is 0 Å². The zero-order valence-electron chi connectivity index (χ0n) is 18.4. The van der Waals surface area contributed by atoms with E-state index in [0.29, 0.717) is 56.3 Å². The van der Waals surface area contributed by atoms with Crippen molar-refractivity contribution < 1.29 is 23.8 Å². The highest BCUT2D eigenvalue weighted by Gasteiger charge is 2.23. The van der Waals surface area contributed by atoms with Crippen molar-refractivity contribution in [1.29, 1.82) is 0 Å². The normalized spacial score (nSPS) is 14.0. The molecule has 2 aromatic rings. The highest BCUT2D eigenvalue weighted by atomic mass is 16.5. The summed E-state index contributed by atoms with van der Waals surface area (Å²) in [5, 5.41) is 0. The van der Waals surface area contributed by atoms with E-state index in [1.165, 1.54) is 0 Å². The Morgan fingerprint density at radius 3 is 2.23 bits per heavy atom. The van der Waals surface area contributed by atoms with Crippen molar-refractivity contribution in [1.82, 2.24) is 9.80 Å². The van der Waals surface area contributed by atoms with Crippen LogP contribution in [0.4, 0.5) is 0 Å². The lowest BCUT2D eigenvalue weighted by Crippen LogP contribution is -2.38. The molecule has 3 rings (SSSR count). The van der Waals surface area contributed by atoms with Crippen LogP contribution in [0.3, 0.4) is 0 Å². The third kappa shape index (κ3) is 5.69. The maximum atomic E-state index is 13.0. The molecule has 0 spiro atoms. The van der Waals surface area contributed by atoms with Crippen LogP contribution in [0.1, 0.15) is 29.3 Å². The molecule has 0 aromatic heterocycles. The summed E-state index contributed by atoms with van der Waals surface area (Å²) in [6.07, 6.45) is 1.09. The first-order chi connectivity index (χ1) is 15.0. The summed E-state index contributed by atoms with van der Waals surface area (Å²) in [5.74, 6) is 1.92. The largest absolute Gasteiger partial charge is 0.494 e. The van der Waals surface area contributed by atoms with E-state index < -0.39 is 0 Å². The third-order valence-corrected chi connectivity index (χ3v) is 5.36. The predicted molar refractivity (Wildman–Crippen MR) is 118 cm³/mol. The molecule has 0 aliphatic carbocycles. The van der Waals surface area contributed by atoms with E-state index in [2.05, 4.69) is 0 Å². The Kier molecular flexibility index (Phi) is 7.76. The smallest absolute Gasteiger partial charge is 0.254 e. The standard InChI is InChI=1S/C24H30N2O5/c1-4-31-20-9-6-18(7-10-20)16-23(27)25-12-5-13-26(15-14-25)24(28)19-8-11-21(29-2)22(17-19)30-3/h6-11,17H,4-5,12-16H2,1-3H3. The summed E-state index contributed by atoms with van der Waals surface area (Å²) in [4.78, 5) is 29.4. The lowest BCUT2D eigenvalue weighted by molar-refractivity contribution is -0.130. The SMILES string of the molecule is CCOc1ccc(CC(=O)N2CCCN(C(=O)c3ccc(OC)c(OC)c3)CC2)cc1. The molecule has 0 radical (unpaired) electrons. The molecule has 1 heterocycles. The highest BCUT2D eigenvalue weighted by molar-refractivity contribution is 5.95. The summed E-state index contributed by atoms with van der Waals surface area (Å²) in [5.41, 5.74) is 1.50. The molecule has 0 N–H and O–H groups in total. The molecule has 7 nitrogen and oxygen atoms in total. The van der Waals surface area contributed by atoms with E-state index >= 15 is 0 Å². The fourth-order valence-corrected chi connectivity index (χ4v) is 3.68. The number of rotatable bonds is 7. The van der Waals surface area contributed by atoms with Gasteiger partial charge < -0.3 is 24.0 Å². The number of hydrogen-bond donors (Lipinski definition) is 0. The monoisotopic (exact) mass is 426 g/mol. The molecule has 166 valence electrons. The van der Waals surface area contributed by atoms with Gasteiger partial charge >= 0.3 is 0 Å². The van der Waals surface area contributed by atoms with E-state index in [9.17, 15) is 9.59 Å². The summed E-state index contributed by atoms with van der Waals surface area (Å²) in [7, 11) is 3.11. The first-order valence-electron chi connectivity index (χ1n) is 10.6. The second kappa shape index (κ2) is 10.7. The van der Waals surface area contributed by atoms with Crippen molar-refractivity contribution in [3.63, 3.8) is 0 Å². The van der Waals surface area contributed by atoms with Gasteiger partial charge in [0.2, 0.25) is 5.91 Å². The van der Waals surface area contributed by atoms with Crippen LogP contribution in [-0.4, -0.2) is 68.6 Å². The topological polar surface area (TPSA) is 68.3 Å². The molecule has 7 heteroatoms. The van der Waals surface area contributed by atoms with Crippen LogP contribution < -0.4 is 14.2 Å². The molecule has 1 saturated heterocycles. The third-order valence-electron chi connectivity index (χ3n) is 5.36. The Labute approximate surface area is 183 Å². The Bertz CT molecular complexity index is 897. The van der Waals surface area contributed by atoms with Gasteiger partial charge in [-0.05, 0) is 49.2 Å². The van der Waals surface area contributed by atoms with E-state index in [0.717, 1.165) is 17.7 Å². The van der Waals surface area contributed by atoms with Gasteiger partial charge in [0.1, 0.15) is 5.75 Å². The lowest BCUT2D eigenvalue weighted by atomic mass is 10.1. The van der Waals surface area contributed by atoms with Gasteiger partial charge in [-0.1, -0.05) is 12.1 Å². The van der Waals surface area contributed by atoms with Gasteiger partial charge in [0.25, 0.3) is 5.91 Å². The molecule has 1 fully saturated rings. The van der Waals surface area contributed by atoms with Crippen LogP contribution >= 0.6 is 0 Å². The molecule has 2 amide bonds. The molecule has 0 unspecified atom stereocenters. The summed E-state index contributed by atoms with van der Waals surface area (Å²) < 4.78 is 16.0. The van der Waals surface area contributed by atoms with Gasteiger partial charge in [-0.15, -0.1) is 0 Å². The van der Waals surface area contributed by atoms with Gasteiger partial charge in [0, 0.05) is 31.7 Å². The molecule has 0 bridgehead atoms. The first kappa shape index (κ1) is 22.5. The van der Waals surface area contributed by atoms with Gasteiger partial charge in [0.15, 0.2) is 11.5 Å². The number of benzene rings is 2. The van der Waals surface area contributed by atoms with Gasteiger partial charge in [-0.2, -0.15) is 0 Å². The maximum Gasteiger partial charge on any atom is 0.254 e.